The normalized spacial score (nSPS) is 10.6. The third-order valence-corrected chi connectivity index (χ3v) is 3.41. The van der Waals surface area contributed by atoms with Gasteiger partial charge in [0.15, 0.2) is 0 Å². The molecule has 5 nitrogen and oxygen atoms in total. The molecule has 0 aliphatic carbocycles. The van der Waals surface area contributed by atoms with E-state index in [1.165, 1.54) is 0 Å². The average Bonchev–Trinajstić information content (AvgIpc) is 2.94. The quantitative estimate of drug-likeness (QED) is 0.805. The van der Waals surface area contributed by atoms with Crippen LogP contribution in [0.25, 0.3) is 5.65 Å². The highest BCUT2D eigenvalue weighted by Gasteiger charge is 2.08. The van der Waals surface area contributed by atoms with Gasteiger partial charge in [0, 0.05) is 18.0 Å². The zero-order valence-electron chi connectivity index (χ0n) is 12.5. The van der Waals surface area contributed by atoms with Crippen LogP contribution in [0.2, 0.25) is 0 Å². The van der Waals surface area contributed by atoms with Gasteiger partial charge < -0.3 is 14.5 Å². The van der Waals surface area contributed by atoms with Crippen molar-refractivity contribution in [2.75, 3.05) is 7.11 Å². The Bertz CT molecular complexity index is 824. The van der Waals surface area contributed by atoms with Crippen molar-refractivity contribution in [3.8, 4) is 5.75 Å². The number of aryl methyl sites for hydroxylation is 1. The largest absolute Gasteiger partial charge is 0.497 e. The SMILES string of the molecule is COc1cccc(C(=O)NCc2cn3cc(C)ccc3n2)c1. The van der Waals surface area contributed by atoms with Crippen molar-refractivity contribution in [3.05, 3.63) is 65.6 Å². The number of amides is 1. The highest BCUT2D eigenvalue weighted by atomic mass is 16.5. The molecule has 0 unspecified atom stereocenters. The molecular formula is C17H17N3O2. The van der Waals surface area contributed by atoms with Crippen molar-refractivity contribution < 1.29 is 9.53 Å². The Kier molecular flexibility index (Phi) is 3.78. The van der Waals surface area contributed by atoms with E-state index in [9.17, 15) is 4.79 Å². The summed E-state index contributed by atoms with van der Waals surface area (Å²) in [6.07, 6.45) is 3.93. The van der Waals surface area contributed by atoms with Crippen LogP contribution in [0.3, 0.4) is 0 Å². The van der Waals surface area contributed by atoms with Crippen molar-refractivity contribution in [2.45, 2.75) is 13.5 Å². The molecule has 112 valence electrons. The predicted octanol–water partition coefficient (Wildman–Crippen LogP) is 2.58. The number of pyridine rings is 1. The topological polar surface area (TPSA) is 55.6 Å². The fourth-order valence-electron chi connectivity index (χ4n) is 2.28. The van der Waals surface area contributed by atoms with Crippen LogP contribution in [0.5, 0.6) is 5.75 Å². The van der Waals surface area contributed by atoms with E-state index in [0.717, 1.165) is 16.9 Å². The van der Waals surface area contributed by atoms with E-state index in [-0.39, 0.29) is 5.91 Å². The van der Waals surface area contributed by atoms with E-state index < -0.39 is 0 Å². The maximum atomic E-state index is 12.2. The molecule has 0 spiro atoms. The van der Waals surface area contributed by atoms with Crippen LogP contribution in [0, 0.1) is 6.92 Å². The lowest BCUT2D eigenvalue weighted by atomic mass is 10.2. The van der Waals surface area contributed by atoms with Crippen molar-refractivity contribution in [2.24, 2.45) is 0 Å². The first kappa shape index (κ1) is 14.1. The molecule has 22 heavy (non-hydrogen) atoms. The molecule has 3 aromatic rings. The standard InChI is InChI=1S/C17H17N3O2/c1-12-6-7-16-19-14(11-20(16)10-12)9-18-17(21)13-4-3-5-15(8-13)22-2/h3-8,10-11H,9H2,1-2H3,(H,18,21). The maximum Gasteiger partial charge on any atom is 0.251 e. The smallest absolute Gasteiger partial charge is 0.251 e. The molecule has 1 aromatic carbocycles. The number of benzene rings is 1. The number of fused-ring (bicyclic) bond motifs is 1. The molecule has 5 heteroatoms. The minimum atomic E-state index is -0.146. The Balaban J connectivity index is 1.71. The minimum absolute atomic E-state index is 0.146. The van der Waals surface area contributed by atoms with Crippen LogP contribution in [0.15, 0.2) is 48.8 Å². The molecule has 3 rings (SSSR count). The summed E-state index contributed by atoms with van der Waals surface area (Å²) >= 11 is 0. The molecule has 0 aliphatic heterocycles. The number of nitrogens with one attached hydrogen (secondary N) is 1. The van der Waals surface area contributed by atoms with E-state index in [4.69, 9.17) is 4.74 Å². The molecular weight excluding hydrogens is 278 g/mol. The molecule has 1 N–H and O–H groups in total. The third-order valence-electron chi connectivity index (χ3n) is 3.41. The van der Waals surface area contributed by atoms with E-state index in [1.54, 1.807) is 31.4 Å². The fourth-order valence-corrected chi connectivity index (χ4v) is 2.28. The number of imidazole rings is 1. The van der Waals surface area contributed by atoms with Crippen molar-refractivity contribution in [1.82, 2.24) is 14.7 Å². The number of aromatic nitrogens is 2. The Hall–Kier alpha value is -2.82. The second-order valence-corrected chi connectivity index (χ2v) is 5.12. The molecule has 0 aliphatic rings. The molecule has 2 heterocycles. The third kappa shape index (κ3) is 2.93. The summed E-state index contributed by atoms with van der Waals surface area (Å²) in [5.74, 6) is 0.517. The van der Waals surface area contributed by atoms with Crippen LogP contribution >= 0.6 is 0 Å². The Morgan fingerprint density at radius 3 is 2.95 bits per heavy atom. The van der Waals surface area contributed by atoms with Gasteiger partial charge in [0.05, 0.1) is 19.3 Å². The summed E-state index contributed by atoms with van der Waals surface area (Å²) < 4.78 is 7.08. The number of carbonyl (C=O) groups is 1. The average molecular weight is 295 g/mol. The molecule has 2 aromatic heterocycles. The second-order valence-electron chi connectivity index (χ2n) is 5.12. The highest BCUT2D eigenvalue weighted by molar-refractivity contribution is 5.94. The molecule has 0 saturated carbocycles. The summed E-state index contributed by atoms with van der Waals surface area (Å²) in [5, 5.41) is 2.87. The first-order chi connectivity index (χ1) is 10.7. The molecule has 0 fully saturated rings. The zero-order valence-corrected chi connectivity index (χ0v) is 12.5. The lowest BCUT2D eigenvalue weighted by Gasteiger charge is -2.05. The van der Waals surface area contributed by atoms with Crippen molar-refractivity contribution in [3.63, 3.8) is 0 Å². The maximum absolute atomic E-state index is 12.2. The Morgan fingerprint density at radius 2 is 2.14 bits per heavy atom. The monoisotopic (exact) mass is 295 g/mol. The summed E-state index contributed by atoms with van der Waals surface area (Å²) in [5.41, 5.74) is 3.42. The van der Waals surface area contributed by atoms with Crippen LogP contribution in [0.4, 0.5) is 0 Å². The van der Waals surface area contributed by atoms with E-state index in [2.05, 4.69) is 10.3 Å². The van der Waals surface area contributed by atoms with Crippen LogP contribution in [-0.2, 0) is 6.54 Å². The highest BCUT2D eigenvalue weighted by Crippen LogP contribution is 2.12. The molecule has 1 amide bonds. The van der Waals surface area contributed by atoms with Gasteiger partial charge in [0.1, 0.15) is 11.4 Å². The summed E-state index contributed by atoms with van der Waals surface area (Å²) in [6, 6.07) is 11.0. The lowest BCUT2D eigenvalue weighted by molar-refractivity contribution is 0.0950. The van der Waals surface area contributed by atoms with E-state index in [0.29, 0.717) is 17.9 Å². The number of rotatable bonds is 4. The Labute approximate surface area is 128 Å². The lowest BCUT2D eigenvalue weighted by Crippen LogP contribution is -2.22. The van der Waals surface area contributed by atoms with E-state index >= 15 is 0 Å². The van der Waals surface area contributed by atoms with Crippen LogP contribution in [0.1, 0.15) is 21.6 Å². The van der Waals surface area contributed by atoms with Crippen LogP contribution in [-0.4, -0.2) is 22.4 Å². The van der Waals surface area contributed by atoms with Gasteiger partial charge in [-0.25, -0.2) is 4.98 Å². The predicted molar refractivity (Wildman–Crippen MR) is 84.1 cm³/mol. The van der Waals surface area contributed by atoms with Gasteiger partial charge in [-0.15, -0.1) is 0 Å². The zero-order chi connectivity index (χ0) is 15.5. The number of ether oxygens (including phenoxy) is 1. The summed E-state index contributed by atoms with van der Waals surface area (Å²) in [6.45, 7) is 2.42. The van der Waals surface area contributed by atoms with Gasteiger partial charge in [-0.3, -0.25) is 4.79 Å². The number of hydrogen-bond donors (Lipinski definition) is 1. The van der Waals surface area contributed by atoms with E-state index in [1.807, 2.05) is 35.9 Å². The minimum Gasteiger partial charge on any atom is -0.497 e. The molecule has 0 atom stereocenters. The summed E-state index contributed by atoms with van der Waals surface area (Å²) in [7, 11) is 1.58. The second kappa shape index (κ2) is 5.89. The molecule has 0 radical (unpaired) electrons. The van der Waals surface area contributed by atoms with Gasteiger partial charge in [-0.2, -0.15) is 0 Å². The van der Waals surface area contributed by atoms with Crippen molar-refractivity contribution >= 4 is 11.6 Å². The van der Waals surface area contributed by atoms with Gasteiger partial charge in [0.2, 0.25) is 0 Å². The first-order valence-electron chi connectivity index (χ1n) is 7.02. The number of hydrogen-bond acceptors (Lipinski definition) is 3. The van der Waals surface area contributed by atoms with Gasteiger partial charge in [-0.05, 0) is 36.8 Å². The van der Waals surface area contributed by atoms with Gasteiger partial charge in [0.25, 0.3) is 5.91 Å². The number of methoxy groups -OCH3 is 1. The first-order valence-corrected chi connectivity index (χ1v) is 7.02. The number of nitrogens with zero attached hydrogens (tertiary/aromatic N) is 2. The fraction of sp³-hybridized carbons (Fsp3) is 0.176. The summed E-state index contributed by atoms with van der Waals surface area (Å²) in [4.78, 5) is 16.6. The van der Waals surface area contributed by atoms with Crippen LogP contribution < -0.4 is 10.1 Å². The van der Waals surface area contributed by atoms with Gasteiger partial charge >= 0.3 is 0 Å². The molecule has 0 bridgehead atoms. The number of carbonyl (C=O) groups excluding carboxylic acids is 1. The molecule has 0 saturated heterocycles. The van der Waals surface area contributed by atoms with Gasteiger partial charge in [-0.1, -0.05) is 12.1 Å². The Morgan fingerprint density at radius 1 is 1.27 bits per heavy atom. The van der Waals surface area contributed by atoms with Crippen molar-refractivity contribution in [1.29, 1.82) is 0 Å².